The summed E-state index contributed by atoms with van der Waals surface area (Å²) in [6.07, 6.45) is 0. The van der Waals surface area contributed by atoms with Gasteiger partial charge in [0.15, 0.2) is 0 Å². The lowest BCUT2D eigenvalue weighted by molar-refractivity contribution is -0.121. The van der Waals surface area contributed by atoms with Gasteiger partial charge in [0, 0.05) is 23.9 Å². The Bertz CT molecular complexity index is 591. The van der Waals surface area contributed by atoms with Crippen molar-refractivity contribution in [1.82, 2.24) is 0 Å². The van der Waals surface area contributed by atoms with E-state index >= 15 is 0 Å². The van der Waals surface area contributed by atoms with Crippen molar-refractivity contribution in [1.29, 1.82) is 0 Å². The molecule has 116 valence electrons. The monoisotopic (exact) mass is 301 g/mol. The molecule has 5 heteroatoms. The highest BCUT2D eigenvalue weighted by Gasteiger charge is 2.06. The second kappa shape index (κ2) is 8.05. The third-order valence-corrected chi connectivity index (χ3v) is 2.98. The number of carbonyl (C=O) groups is 1. The molecule has 0 spiro atoms. The molecule has 0 saturated carbocycles. The summed E-state index contributed by atoms with van der Waals surface area (Å²) in [6.45, 7) is 0.379. The van der Waals surface area contributed by atoms with Gasteiger partial charge in [0.2, 0.25) is 5.91 Å². The summed E-state index contributed by atoms with van der Waals surface area (Å²) in [4.78, 5) is 11.9. The minimum absolute atomic E-state index is 0.0194. The number of nitrogens with one attached hydrogen (secondary N) is 1. The average Bonchev–Trinajstić information content (AvgIpc) is 2.55. The van der Waals surface area contributed by atoms with Crippen LogP contribution in [0.1, 0.15) is 5.56 Å². The van der Waals surface area contributed by atoms with E-state index in [-0.39, 0.29) is 12.5 Å². The fraction of sp³-hybridized carbons (Fsp3) is 0.235. The number of hydrogen-bond acceptors (Lipinski definition) is 4. The Morgan fingerprint density at radius 3 is 2.23 bits per heavy atom. The number of ether oxygens (including phenoxy) is 3. The first-order valence-corrected chi connectivity index (χ1v) is 6.86. The molecule has 0 saturated heterocycles. The molecule has 1 N–H and O–H groups in total. The van der Waals surface area contributed by atoms with Crippen molar-refractivity contribution in [3.63, 3.8) is 0 Å². The highest BCUT2D eigenvalue weighted by molar-refractivity contribution is 5.92. The van der Waals surface area contributed by atoms with E-state index in [0.717, 1.165) is 5.56 Å². The van der Waals surface area contributed by atoms with Gasteiger partial charge in [-0.2, -0.15) is 0 Å². The molecule has 5 nitrogen and oxygen atoms in total. The first kappa shape index (κ1) is 15.9. The predicted octanol–water partition coefficient (Wildman–Crippen LogP) is 2.86. The second-order valence-corrected chi connectivity index (χ2v) is 4.63. The van der Waals surface area contributed by atoms with Crippen LogP contribution in [0.5, 0.6) is 11.5 Å². The highest BCUT2D eigenvalue weighted by Crippen LogP contribution is 2.25. The fourth-order valence-electron chi connectivity index (χ4n) is 1.91. The number of carbonyl (C=O) groups excluding carboxylic acids is 1. The quantitative estimate of drug-likeness (QED) is 0.854. The van der Waals surface area contributed by atoms with Crippen molar-refractivity contribution in [2.75, 3.05) is 26.1 Å². The van der Waals surface area contributed by atoms with E-state index in [9.17, 15) is 4.79 Å². The lowest BCUT2D eigenvalue weighted by Gasteiger charge is -2.10. The Kier molecular flexibility index (Phi) is 5.80. The van der Waals surface area contributed by atoms with Gasteiger partial charge in [0.25, 0.3) is 0 Å². The zero-order valence-electron chi connectivity index (χ0n) is 12.7. The molecule has 0 fully saturated rings. The van der Waals surface area contributed by atoms with E-state index in [4.69, 9.17) is 14.2 Å². The molecule has 2 aromatic rings. The molecule has 0 aliphatic carbocycles. The van der Waals surface area contributed by atoms with Crippen LogP contribution in [0, 0.1) is 0 Å². The van der Waals surface area contributed by atoms with E-state index in [1.807, 2.05) is 30.3 Å². The smallest absolute Gasteiger partial charge is 0.250 e. The van der Waals surface area contributed by atoms with Gasteiger partial charge in [-0.05, 0) is 5.56 Å². The molecule has 2 rings (SSSR count). The zero-order chi connectivity index (χ0) is 15.8. The van der Waals surface area contributed by atoms with Gasteiger partial charge >= 0.3 is 0 Å². The molecule has 0 aliphatic rings. The zero-order valence-corrected chi connectivity index (χ0v) is 12.7. The molecule has 0 atom stereocenters. The highest BCUT2D eigenvalue weighted by atomic mass is 16.5. The number of anilines is 1. The third kappa shape index (κ3) is 4.79. The van der Waals surface area contributed by atoms with E-state index in [1.54, 1.807) is 32.4 Å². The van der Waals surface area contributed by atoms with Crippen molar-refractivity contribution in [3.05, 3.63) is 54.1 Å². The molecule has 0 heterocycles. The number of hydrogen-bond donors (Lipinski definition) is 1. The van der Waals surface area contributed by atoms with Crippen molar-refractivity contribution >= 4 is 11.6 Å². The summed E-state index contributed by atoms with van der Waals surface area (Å²) in [5.74, 6) is 0.992. The summed E-state index contributed by atoms with van der Waals surface area (Å²) < 4.78 is 15.7. The minimum atomic E-state index is -0.230. The molecule has 22 heavy (non-hydrogen) atoms. The summed E-state index contributed by atoms with van der Waals surface area (Å²) in [5, 5.41) is 2.75. The van der Waals surface area contributed by atoms with Crippen LogP contribution in [0.15, 0.2) is 48.5 Å². The molecule has 1 amide bonds. The van der Waals surface area contributed by atoms with Crippen LogP contribution in [-0.2, 0) is 16.1 Å². The van der Waals surface area contributed by atoms with E-state index in [1.165, 1.54) is 0 Å². The van der Waals surface area contributed by atoms with Crippen molar-refractivity contribution in [2.24, 2.45) is 0 Å². The lowest BCUT2D eigenvalue weighted by atomic mass is 10.2. The summed E-state index contributed by atoms with van der Waals surface area (Å²) >= 11 is 0. The van der Waals surface area contributed by atoms with Crippen LogP contribution in [0.4, 0.5) is 5.69 Å². The Morgan fingerprint density at radius 2 is 1.64 bits per heavy atom. The van der Waals surface area contributed by atoms with E-state index in [0.29, 0.717) is 23.8 Å². The molecule has 0 aliphatic heterocycles. The van der Waals surface area contributed by atoms with E-state index < -0.39 is 0 Å². The molecule has 2 aromatic carbocycles. The second-order valence-electron chi connectivity index (χ2n) is 4.63. The van der Waals surface area contributed by atoms with Crippen LogP contribution in [-0.4, -0.2) is 26.7 Å². The van der Waals surface area contributed by atoms with E-state index in [2.05, 4.69) is 5.32 Å². The molecular weight excluding hydrogens is 282 g/mol. The number of amides is 1. The topological polar surface area (TPSA) is 56.8 Å². The maximum Gasteiger partial charge on any atom is 0.250 e. The first-order valence-electron chi connectivity index (χ1n) is 6.86. The van der Waals surface area contributed by atoms with Gasteiger partial charge in [-0.3, -0.25) is 4.79 Å². The Balaban J connectivity index is 1.86. The fourth-order valence-corrected chi connectivity index (χ4v) is 1.91. The van der Waals surface area contributed by atoms with Crippen LogP contribution < -0.4 is 14.8 Å². The number of benzene rings is 2. The van der Waals surface area contributed by atoms with Crippen LogP contribution in [0.25, 0.3) is 0 Å². The summed E-state index contributed by atoms with van der Waals surface area (Å²) in [7, 11) is 3.12. The van der Waals surface area contributed by atoms with Crippen molar-refractivity contribution in [3.8, 4) is 11.5 Å². The number of rotatable bonds is 7. The predicted molar refractivity (Wildman–Crippen MR) is 84.3 cm³/mol. The molecule has 0 bridgehead atoms. The average molecular weight is 301 g/mol. The lowest BCUT2D eigenvalue weighted by Crippen LogP contribution is -2.18. The Morgan fingerprint density at radius 1 is 1.00 bits per heavy atom. The summed E-state index contributed by atoms with van der Waals surface area (Å²) in [5.41, 5.74) is 1.63. The SMILES string of the molecule is COc1cc(NC(=O)COCc2ccccc2)cc(OC)c1. The molecule has 0 aromatic heterocycles. The first-order chi connectivity index (χ1) is 10.7. The maximum atomic E-state index is 11.9. The third-order valence-electron chi connectivity index (χ3n) is 2.98. The molecule has 0 unspecified atom stereocenters. The van der Waals surface area contributed by atoms with Crippen LogP contribution in [0.3, 0.4) is 0 Å². The van der Waals surface area contributed by atoms with Gasteiger partial charge in [-0.1, -0.05) is 30.3 Å². The van der Waals surface area contributed by atoms with Crippen LogP contribution in [0.2, 0.25) is 0 Å². The largest absolute Gasteiger partial charge is 0.497 e. The molecule has 0 radical (unpaired) electrons. The van der Waals surface area contributed by atoms with Gasteiger partial charge in [0.05, 0.1) is 20.8 Å². The number of methoxy groups -OCH3 is 2. The van der Waals surface area contributed by atoms with Crippen molar-refractivity contribution in [2.45, 2.75) is 6.61 Å². The van der Waals surface area contributed by atoms with Crippen molar-refractivity contribution < 1.29 is 19.0 Å². The molecular formula is C17H19NO4. The van der Waals surface area contributed by atoms with Crippen LogP contribution >= 0.6 is 0 Å². The van der Waals surface area contributed by atoms with Gasteiger partial charge in [-0.15, -0.1) is 0 Å². The van der Waals surface area contributed by atoms with Gasteiger partial charge < -0.3 is 19.5 Å². The normalized spacial score (nSPS) is 10.1. The van der Waals surface area contributed by atoms with Gasteiger partial charge in [-0.25, -0.2) is 0 Å². The standard InChI is InChI=1S/C17H19NO4/c1-20-15-8-14(9-16(10-15)21-2)18-17(19)12-22-11-13-6-4-3-5-7-13/h3-10H,11-12H2,1-2H3,(H,18,19). The Labute approximate surface area is 129 Å². The summed E-state index contributed by atoms with van der Waals surface area (Å²) in [6, 6.07) is 14.9. The Hall–Kier alpha value is -2.53. The minimum Gasteiger partial charge on any atom is -0.497 e. The van der Waals surface area contributed by atoms with Gasteiger partial charge in [0.1, 0.15) is 18.1 Å². The maximum absolute atomic E-state index is 11.9.